The SMILES string of the molecule is Cc1cc(S(=O)(=O)NC(C)CN2CCCC2)ccc1CN. The average molecular weight is 311 g/mol. The third-order valence-electron chi connectivity index (χ3n) is 3.93. The molecule has 0 saturated carbocycles. The molecule has 5 nitrogen and oxygen atoms in total. The highest BCUT2D eigenvalue weighted by atomic mass is 32.2. The Labute approximate surface area is 127 Å². The van der Waals surface area contributed by atoms with Gasteiger partial charge in [-0.05, 0) is 63.0 Å². The van der Waals surface area contributed by atoms with E-state index in [2.05, 4.69) is 9.62 Å². The van der Waals surface area contributed by atoms with Gasteiger partial charge in [-0.15, -0.1) is 0 Å². The molecule has 0 amide bonds. The summed E-state index contributed by atoms with van der Waals surface area (Å²) in [5.41, 5.74) is 7.49. The van der Waals surface area contributed by atoms with E-state index in [9.17, 15) is 8.42 Å². The first kappa shape index (κ1) is 16.4. The van der Waals surface area contributed by atoms with Crippen molar-refractivity contribution in [3.8, 4) is 0 Å². The van der Waals surface area contributed by atoms with Crippen LogP contribution in [0, 0.1) is 6.92 Å². The number of hydrogen-bond donors (Lipinski definition) is 2. The highest BCUT2D eigenvalue weighted by Crippen LogP contribution is 2.16. The number of nitrogens with two attached hydrogens (primary N) is 1. The first-order valence-corrected chi connectivity index (χ1v) is 8.95. The molecule has 1 aliphatic heterocycles. The molecular formula is C15H25N3O2S. The Morgan fingerprint density at radius 3 is 2.57 bits per heavy atom. The van der Waals surface area contributed by atoms with Gasteiger partial charge in [0, 0.05) is 19.1 Å². The molecule has 0 bridgehead atoms. The lowest BCUT2D eigenvalue weighted by atomic mass is 10.1. The molecule has 0 aromatic heterocycles. The monoisotopic (exact) mass is 311 g/mol. The molecule has 21 heavy (non-hydrogen) atoms. The normalized spacial score (nSPS) is 18.0. The second-order valence-electron chi connectivity index (χ2n) is 5.82. The highest BCUT2D eigenvalue weighted by Gasteiger charge is 2.21. The second kappa shape index (κ2) is 6.87. The molecular weight excluding hydrogens is 286 g/mol. The van der Waals surface area contributed by atoms with Gasteiger partial charge in [0.25, 0.3) is 0 Å². The molecule has 1 atom stereocenters. The Morgan fingerprint density at radius 1 is 1.33 bits per heavy atom. The van der Waals surface area contributed by atoms with Crippen LogP contribution in [0.15, 0.2) is 23.1 Å². The van der Waals surface area contributed by atoms with Gasteiger partial charge in [-0.1, -0.05) is 6.07 Å². The molecule has 0 radical (unpaired) electrons. The molecule has 3 N–H and O–H groups in total. The van der Waals surface area contributed by atoms with Crippen LogP contribution in [-0.4, -0.2) is 39.0 Å². The number of nitrogens with zero attached hydrogens (tertiary/aromatic N) is 1. The number of benzene rings is 1. The third kappa shape index (κ3) is 4.26. The quantitative estimate of drug-likeness (QED) is 0.828. The minimum Gasteiger partial charge on any atom is -0.326 e. The third-order valence-corrected chi connectivity index (χ3v) is 5.52. The Bertz CT molecular complexity index is 581. The van der Waals surface area contributed by atoms with E-state index < -0.39 is 10.0 Å². The molecule has 1 unspecified atom stereocenters. The summed E-state index contributed by atoms with van der Waals surface area (Å²) in [5, 5.41) is 0. The van der Waals surface area contributed by atoms with E-state index in [-0.39, 0.29) is 6.04 Å². The average Bonchev–Trinajstić information content (AvgIpc) is 2.90. The van der Waals surface area contributed by atoms with Crippen LogP contribution in [0.5, 0.6) is 0 Å². The van der Waals surface area contributed by atoms with Gasteiger partial charge < -0.3 is 10.6 Å². The zero-order valence-electron chi connectivity index (χ0n) is 12.8. The van der Waals surface area contributed by atoms with Gasteiger partial charge in [-0.3, -0.25) is 0 Å². The number of sulfonamides is 1. The van der Waals surface area contributed by atoms with Crippen LogP contribution in [0.25, 0.3) is 0 Å². The topological polar surface area (TPSA) is 75.4 Å². The van der Waals surface area contributed by atoms with E-state index >= 15 is 0 Å². The minimum atomic E-state index is -3.47. The fraction of sp³-hybridized carbons (Fsp3) is 0.600. The van der Waals surface area contributed by atoms with E-state index in [4.69, 9.17) is 5.73 Å². The van der Waals surface area contributed by atoms with Crippen LogP contribution >= 0.6 is 0 Å². The van der Waals surface area contributed by atoms with Crippen LogP contribution < -0.4 is 10.5 Å². The maximum absolute atomic E-state index is 12.4. The Balaban J connectivity index is 2.05. The molecule has 0 aliphatic carbocycles. The summed E-state index contributed by atoms with van der Waals surface area (Å²) in [6.07, 6.45) is 2.42. The van der Waals surface area contributed by atoms with Crippen molar-refractivity contribution >= 4 is 10.0 Å². The molecule has 1 fully saturated rings. The predicted octanol–water partition coefficient (Wildman–Crippen LogP) is 1.22. The van der Waals surface area contributed by atoms with Crippen LogP contribution in [-0.2, 0) is 16.6 Å². The zero-order valence-corrected chi connectivity index (χ0v) is 13.6. The fourth-order valence-corrected chi connectivity index (χ4v) is 4.11. The number of hydrogen-bond acceptors (Lipinski definition) is 4. The van der Waals surface area contributed by atoms with E-state index in [0.29, 0.717) is 11.4 Å². The van der Waals surface area contributed by atoms with Crippen molar-refractivity contribution in [2.45, 2.75) is 44.2 Å². The highest BCUT2D eigenvalue weighted by molar-refractivity contribution is 7.89. The maximum atomic E-state index is 12.4. The van der Waals surface area contributed by atoms with Crippen LogP contribution in [0.4, 0.5) is 0 Å². The second-order valence-corrected chi connectivity index (χ2v) is 7.54. The van der Waals surface area contributed by atoms with Crippen molar-refractivity contribution in [1.29, 1.82) is 0 Å². The summed E-state index contributed by atoms with van der Waals surface area (Å²) in [5.74, 6) is 0. The van der Waals surface area contributed by atoms with Gasteiger partial charge in [-0.25, -0.2) is 13.1 Å². The fourth-order valence-electron chi connectivity index (χ4n) is 2.79. The molecule has 118 valence electrons. The molecule has 2 rings (SSSR count). The maximum Gasteiger partial charge on any atom is 0.240 e. The van der Waals surface area contributed by atoms with Crippen molar-refractivity contribution in [2.24, 2.45) is 5.73 Å². The summed E-state index contributed by atoms with van der Waals surface area (Å²) >= 11 is 0. The molecule has 1 aromatic rings. The number of nitrogens with one attached hydrogen (secondary N) is 1. The van der Waals surface area contributed by atoms with Gasteiger partial charge in [0.05, 0.1) is 4.90 Å². The lowest BCUT2D eigenvalue weighted by molar-refractivity contribution is 0.313. The van der Waals surface area contributed by atoms with Gasteiger partial charge in [0.1, 0.15) is 0 Å². The molecule has 1 saturated heterocycles. The predicted molar refractivity (Wildman–Crippen MR) is 84.5 cm³/mol. The number of rotatable bonds is 6. The van der Waals surface area contributed by atoms with Crippen molar-refractivity contribution in [1.82, 2.24) is 9.62 Å². The lowest BCUT2D eigenvalue weighted by Crippen LogP contribution is -2.41. The number of aryl methyl sites for hydroxylation is 1. The summed E-state index contributed by atoms with van der Waals surface area (Å²) in [4.78, 5) is 2.61. The molecule has 1 aromatic carbocycles. The molecule has 1 heterocycles. The van der Waals surface area contributed by atoms with Crippen LogP contribution in [0.1, 0.15) is 30.9 Å². The van der Waals surface area contributed by atoms with Crippen molar-refractivity contribution in [3.63, 3.8) is 0 Å². The van der Waals surface area contributed by atoms with Crippen molar-refractivity contribution in [3.05, 3.63) is 29.3 Å². The smallest absolute Gasteiger partial charge is 0.240 e. The zero-order chi connectivity index (χ0) is 15.5. The van der Waals surface area contributed by atoms with Crippen LogP contribution in [0.3, 0.4) is 0 Å². The van der Waals surface area contributed by atoms with E-state index in [1.165, 1.54) is 12.8 Å². The van der Waals surface area contributed by atoms with Crippen molar-refractivity contribution < 1.29 is 8.42 Å². The number of likely N-dealkylation sites (tertiary alicyclic amines) is 1. The van der Waals surface area contributed by atoms with E-state index in [1.807, 2.05) is 13.8 Å². The van der Waals surface area contributed by atoms with Crippen LogP contribution in [0.2, 0.25) is 0 Å². The summed E-state index contributed by atoms with van der Waals surface area (Å²) < 4.78 is 27.6. The summed E-state index contributed by atoms with van der Waals surface area (Å²) in [7, 11) is -3.47. The van der Waals surface area contributed by atoms with Gasteiger partial charge in [-0.2, -0.15) is 0 Å². The Morgan fingerprint density at radius 2 is 2.00 bits per heavy atom. The largest absolute Gasteiger partial charge is 0.326 e. The molecule has 6 heteroatoms. The van der Waals surface area contributed by atoms with Crippen molar-refractivity contribution in [2.75, 3.05) is 19.6 Å². The molecule has 0 spiro atoms. The Kier molecular flexibility index (Phi) is 5.37. The van der Waals surface area contributed by atoms with Gasteiger partial charge in [0.2, 0.25) is 10.0 Å². The summed E-state index contributed by atoms with van der Waals surface area (Å²) in [6, 6.07) is 5.00. The Hall–Kier alpha value is -0.950. The van der Waals surface area contributed by atoms with E-state index in [1.54, 1.807) is 18.2 Å². The van der Waals surface area contributed by atoms with Gasteiger partial charge >= 0.3 is 0 Å². The van der Waals surface area contributed by atoms with E-state index in [0.717, 1.165) is 30.8 Å². The standard InChI is InChI=1S/C15H25N3O2S/c1-12-9-15(6-5-14(12)10-16)21(19,20)17-13(2)11-18-7-3-4-8-18/h5-6,9,13,17H,3-4,7-8,10-11,16H2,1-2H3. The van der Waals surface area contributed by atoms with Gasteiger partial charge in [0.15, 0.2) is 0 Å². The molecule has 1 aliphatic rings. The summed E-state index contributed by atoms with van der Waals surface area (Å²) in [6.45, 7) is 7.11. The lowest BCUT2D eigenvalue weighted by Gasteiger charge is -2.21. The first-order chi connectivity index (χ1) is 9.92. The minimum absolute atomic E-state index is 0.0948. The first-order valence-electron chi connectivity index (χ1n) is 7.46.